The van der Waals surface area contributed by atoms with Crippen LogP contribution in [0, 0.1) is 0 Å². The number of benzene rings is 3. The maximum atomic E-state index is 13.0. The zero-order valence-electron chi connectivity index (χ0n) is 27.7. The Labute approximate surface area is 293 Å². The number of aromatic amines is 1. The number of nitrogens with one attached hydrogen (secondary N) is 2. The van der Waals surface area contributed by atoms with E-state index in [0.29, 0.717) is 22.6 Å². The van der Waals surface area contributed by atoms with Crippen LogP contribution in [0.15, 0.2) is 107 Å². The number of ether oxygens (including phenoxy) is 4. The summed E-state index contributed by atoms with van der Waals surface area (Å²) in [5, 5.41) is 21.4. The second-order valence-corrected chi connectivity index (χ2v) is 11.7. The Morgan fingerprint density at radius 2 is 1.52 bits per heavy atom. The first-order chi connectivity index (χ1) is 24.9. The molecule has 1 amide bonds. The van der Waals surface area contributed by atoms with E-state index in [1.165, 1.54) is 12.4 Å². The molecule has 52 heavy (non-hydrogen) atoms. The number of aromatic nitrogens is 5. The molecular weight excluding hydrogens is 689 g/mol. The average Bonchev–Trinajstić information content (AvgIpc) is 3.74. The molecule has 5 aromatic rings. The first-order valence-corrected chi connectivity index (χ1v) is 15.8. The van der Waals surface area contributed by atoms with Crippen LogP contribution in [0.4, 0.5) is 13.2 Å². The summed E-state index contributed by atoms with van der Waals surface area (Å²) in [4.78, 5) is 38.4. The first-order valence-electron chi connectivity index (χ1n) is 15.8. The van der Waals surface area contributed by atoms with Crippen LogP contribution < -0.4 is 26.0 Å². The number of carbonyl (C=O) groups excluding carboxylic acids is 1. The third-order valence-corrected chi connectivity index (χ3v) is 8.65. The molecule has 17 heteroatoms. The molecule has 1 saturated heterocycles. The molecule has 0 spiro atoms. The van der Waals surface area contributed by atoms with Crippen LogP contribution in [0.2, 0.25) is 0 Å². The highest BCUT2D eigenvalue weighted by Crippen LogP contribution is 2.44. The summed E-state index contributed by atoms with van der Waals surface area (Å²) < 4.78 is 64.5. The van der Waals surface area contributed by atoms with Crippen LogP contribution in [0.3, 0.4) is 0 Å². The summed E-state index contributed by atoms with van der Waals surface area (Å²) in [5.41, 5.74) is -0.783. The number of aliphatic hydroxyl groups is 1. The summed E-state index contributed by atoms with van der Waals surface area (Å²) in [6.45, 7) is -0.899. The molecule has 3 aromatic carbocycles. The molecule has 1 aliphatic heterocycles. The fraction of sp³-hybridized carbons (Fsp3) is 0.286. The Kier molecular flexibility index (Phi) is 10.3. The van der Waals surface area contributed by atoms with Crippen LogP contribution in [0.25, 0.3) is 0 Å². The normalized spacial score (nSPS) is 19.0. The van der Waals surface area contributed by atoms with Crippen molar-refractivity contribution < 1.29 is 42.0 Å². The highest BCUT2D eigenvalue weighted by atomic mass is 19.4. The Morgan fingerprint density at radius 1 is 0.923 bits per heavy atom. The zero-order chi connectivity index (χ0) is 37.0. The zero-order valence-corrected chi connectivity index (χ0v) is 27.7. The van der Waals surface area contributed by atoms with Crippen molar-refractivity contribution in [3.63, 3.8) is 0 Å². The third-order valence-electron chi connectivity index (χ3n) is 8.65. The van der Waals surface area contributed by atoms with Crippen molar-refractivity contribution in [3.05, 3.63) is 141 Å². The number of nitrogens with zero attached hydrogens (tertiary/aromatic N) is 4. The number of hydrogen-bond acceptors (Lipinski definition) is 10. The lowest BCUT2D eigenvalue weighted by molar-refractivity contribution is -0.173. The van der Waals surface area contributed by atoms with Gasteiger partial charge in [0.2, 0.25) is 0 Å². The number of methoxy groups -OCH3 is 2. The molecule has 0 radical (unpaired) electrons. The Morgan fingerprint density at radius 3 is 2.08 bits per heavy atom. The van der Waals surface area contributed by atoms with E-state index in [9.17, 15) is 32.7 Å². The highest BCUT2D eigenvalue weighted by Gasteiger charge is 2.49. The van der Waals surface area contributed by atoms with Gasteiger partial charge in [0.05, 0.1) is 33.6 Å². The van der Waals surface area contributed by atoms with Crippen LogP contribution in [-0.2, 0) is 26.4 Å². The van der Waals surface area contributed by atoms with Crippen LogP contribution in [0.5, 0.6) is 11.5 Å². The van der Waals surface area contributed by atoms with Crippen molar-refractivity contribution in [2.45, 2.75) is 42.8 Å². The fourth-order valence-electron chi connectivity index (χ4n) is 6.10. The van der Waals surface area contributed by atoms with Gasteiger partial charge in [-0.1, -0.05) is 59.8 Å². The summed E-state index contributed by atoms with van der Waals surface area (Å²) >= 11 is 0. The van der Waals surface area contributed by atoms with Gasteiger partial charge in [-0.2, -0.15) is 13.2 Å². The van der Waals surface area contributed by atoms with E-state index in [1.54, 1.807) is 43.8 Å². The minimum atomic E-state index is -5.11. The predicted molar refractivity (Wildman–Crippen MR) is 176 cm³/mol. The summed E-state index contributed by atoms with van der Waals surface area (Å²) in [7, 11) is 3.10. The molecule has 4 atom stereocenters. The maximum absolute atomic E-state index is 13.0. The van der Waals surface area contributed by atoms with Gasteiger partial charge in [-0.05, 0) is 41.0 Å². The van der Waals surface area contributed by atoms with E-state index in [1.807, 2.05) is 54.6 Å². The third kappa shape index (κ3) is 7.19. The SMILES string of the molecule is COc1ccc(C(OC[C@H]2O[C@@H](n3ccc(=O)[nH]c3=O)[C@H](n3cc(CNC(=O)C(F)(F)F)nn3)[C@@H]2O)(c2ccccc2)c2ccc(OC)cc2)cc1. The topological polar surface area (TPSA) is 172 Å². The summed E-state index contributed by atoms with van der Waals surface area (Å²) in [5.74, 6) is -0.953. The van der Waals surface area contributed by atoms with Crippen molar-refractivity contribution in [3.8, 4) is 11.5 Å². The monoisotopic (exact) mass is 722 g/mol. The van der Waals surface area contributed by atoms with Gasteiger partial charge in [-0.25, -0.2) is 9.48 Å². The Hall–Kier alpha value is -5.78. The average molecular weight is 723 g/mol. The van der Waals surface area contributed by atoms with Crippen molar-refractivity contribution in [2.75, 3.05) is 20.8 Å². The number of carbonyl (C=O) groups is 1. The van der Waals surface area contributed by atoms with Gasteiger partial charge in [0.1, 0.15) is 41.0 Å². The second kappa shape index (κ2) is 14.8. The molecule has 0 unspecified atom stereocenters. The number of hydrogen-bond donors (Lipinski definition) is 3. The van der Waals surface area contributed by atoms with Gasteiger partial charge in [-0.15, -0.1) is 5.10 Å². The first kappa shape index (κ1) is 36.0. The van der Waals surface area contributed by atoms with E-state index >= 15 is 0 Å². The van der Waals surface area contributed by atoms with Crippen LogP contribution >= 0.6 is 0 Å². The van der Waals surface area contributed by atoms with Crippen LogP contribution in [-0.4, -0.2) is 74.8 Å². The molecular formula is C35H33F3N6O8. The van der Waals surface area contributed by atoms with E-state index < -0.39 is 60.0 Å². The quantitative estimate of drug-likeness (QED) is 0.163. The molecule has 1 fully saturated rings. The number of rotatable bonds is 12. The van der Waals surface area contributed by atoms with Crippen LogP contribution in [0.1, 0.15) is 34.7 Å². The number of aliphatic hydroxyl groups excluding tert-OH is 1. The maximum Gasteiger partial charge on any atom is 0.471 e. The molecule has 14 nitrogen and oxygen atoms in total. The number of alkyl halides is 3. The van der Waals surface area contributed by atoms with E-state index in [-0.39, 0.29) is 12.3 Å². The molecule has 3 N–H and O–H groups in total. The minimum Gasteiger partial charge on any atom is -0.497 e. The lowest BCUT2D eigenvalue weighted by Crippen LogP contribution is -2.39. The van der Waals surface area contributed by atoms with Crippen molar-refractivity contribution >= 4 is 5.91 Å². The number of amides is 1. The number of H-pyrrole nitrogens is 1. The second-order valence-electron chi connectivity index (χ2n) is 11.7. The van der Waals surface area contributed by atoms with Gasteiger partial charge in [0.15, 0.2) is 6.23 Å². The molecule has 2 aromatic heterocycles. The lowest BCUT2D eigenvalue weighted by atomic mass is 9.80. The smallest absolute Gasteiger partial charge is 0.471 e. The van der Waals surface area contributed by atoms with E-state index in [4.69, 9.17) is 18.9 Å². The predicted octanol–water partition coefficient (Wildman–Crippen LogP) is 2.83. The standard InChI is InChI=1S/C35H33F3N6O8/c1-49-25-12-8-22(9-13-25)34(21-6-4-3-5-7-21,23-10-14-26(50-2)15-11-23)51-20-27-30(46)29(31(52-27)43-17-16-28(45)40-33(43)48)44-19-24(41-42-44)18-39-32(47)35(36,37)38/h3-17,19,27,29-31,46H,18,20H2,1-2H3,(H,39,47)(H,40,45,48)/t27-,29-,30-,31-/m1/s1. The van der Waals surface area contributed by atoms with Gasteiger partial charge in [0.25, 0.3) is 5.56 Å². The Bertz CT molecular complexity index is 2060. The Balaban J connectivity index is 1.39. The lowest BCUT2D eigenvalue weighted by Gasteiger charge is -2.37. The molecule has 3 heterocycles. The van der Waals surface area contributed by atoms with Gasteiger partial charge in [-0.3, -0.25) is 19.1 Å². The van der Waals surface area contributed by atoms with Gasteiger partial charge < -0.3 is 29.4 Å². The summed E-state index contributed by atoms with van der Waals surface area (Å²) in [6, 6.07) is 23.8. The van der Waals surface area contributed by atoms with E-state index in [0.717, 1.165) is 20.9 Å². The molecule has 0 bridgehead atoms. The van der Waals surface area contributed by atoms with Gasteiger partial charge >= 0.3 is 17.8 Å². The molecule has 272 valence electrons. The minimum absolute atomic E-state index is 0.0702. The highest BCUT2D eigenvalue weighted by molar-refractivity contribution is 5.81. The molecule has 1 aliphatic rings. The largest absolute Gasteiger partial charge is 0.497 e. The molecule has 0 aliphatic carbocycles. The summed E-state index contributed by atoms with van der Waals surface area (Å²) in [6.07, 6.45) is -6.63. The molecule has 0 saturated carbocycles. The van der Waals surface area contributed by atoms with E-state index in [2.05, 4.69) is 15.3 Å². The fourth-order valence-corrected chi connectivity index (χ4v) is 6.10. The van der Waals surface area contributed by atoms with Crippen molar-refractivity contribution in [2.24, 2.45) is 0 Å². The molecule has 6 rings (SSSR count). The number of halogens is 3. The van der Waals surface area contributed by atoms with Gasteiger partial charge in [0, 0.05) is 12.3 Å². The van der Waals surface area contributed by atoms with Crippen molar-refractivity contribution in [1.82, 2.24) is 29.9 Å². The van der Waals surface area contributed by atoms with Crippen molar-refractivity contribution in [1.29, 1.82) is 0 Å².